The SMILES string of the molecule is SCC1(CSc2nc3ccccc3[nH]2)CCC1. The van der Waals surface area contributed by atoms with Crippen LogP contribution < -0.4 is 0 Å². The van der Waals surface area contributed by atoms with Crippen molar-refractivity contribution >= 4 is 35.4 Å². The summed E-state index contributed by atoms with van der Waals surface area (Å²) in [5.41, 5.74) is 2.65. The van der Waals surface area contributed by atoms with Crippen molar-refractivity contribution in [3.05, 3.63) is 24.3 Å². The molecule has 0 saturated heterocycles. The molecule has 0 atom stereocenters. The number of H-pyrrole nitrogens is 1. The van der Waals surface area contributed by atoms with E-state index in [1.54, 1.807) is 0 Å². The van der Waals surface area contributed by atoms with E-state index in [9.17, 15) is 0 Å². The fourth-order valence-electron chi connectivity index (χ4n) is 2.24. The molecule has 1 fully saturated rings. The average Bonchev–Trinajstić information content (AvgIpc) is 2.71. The number of fused-ring (bicyclic) bond motifs is 1. The molecule has 3 rings (SSSR count). The van der Waals surface area contributed by atoms with E-state index in [-0.39, 0.29) is 0 Å². The summed E-state index contributed by atoms with van der Waals surface area (Å²) in [6, 6.07) is 8.19. The molecule has 1 heterocycles. The summed E-state index contributed by atoms with van der Waals surface area (Å²) < 4.78 is 0. The topological polar surface area (TPSA) is 28.7 Å². The van der Waals surface area contributed by atoms with Gasteiger partial charge in [-0.05, 0) is 36.1 Å². The maximum atomic E-state index is 4.59. The van der Waals surface area contributed by atoms with Crippen LogP contribution in [0.4, 0.5) is 0 Å². The average molecular weight is 264 g/mol. The first kappa shape index (κ1) is 11.5. The van der Waals surface area contributed by atoms with E-state index >= 15 is 0 Å². The van der Waals surface area contributed by atoms with Gasteiger partial charge in [-0.1, -0.05) is 30.3 Å². The van der Waals surface area contributed by atoms with E-state index < -0.39 is 0 Å². The van der Waals surface area contributed by atoms with Crippen LogP contribution in [0.2, 0.25) is 0 Å². The lowest BCUT2D eigenvalue weighted by Gasteiger charge is -2.40. The summed E-state index contributed by atoms with van der Waals surface area (Å²) >= 11 is 6.32. The molecule has 1 N–H and O–H groups in total. The second-order valence-corrected chi connectivity index (χ2v) is 6.14. The maximum absolute atomic E-state index is 4.59. The Morgan fingerprint density at radius 2 is 2.18 bits per heavy atom. The Morgan fingerprint density at radius 3 is 2.82 bits per heavy atom. The molecule has 0 aliphatic heterocycles. The first-order valence-electron chi connectivity index (χ1n) is 6.00. The first-order valence-corrected chi connectivity index (χ1v) is 7.62. The third kappa shape index (κ3) is 2.20. The zero-order chi connectivity index (χ0) is 11.7. The van der Waals surface area contributed by atoms with Crippen LogP contribution in [0.3, 0.4) is 0 Å². The molecule has 1 aromatic heterocycles. The van der Waals surface area contributed by atoms with E-state index in [1.807, 2.05) is 30.0 Å². The smallest absolute Gasteiger partial charge is 0.166 e. The molecule has 0 spiro atoms. The highest BCUT2D eigenvalue weighted by Crippen LogP contribution is 2.45. The minimum atomic E-state index is 0.465. The van der Waals surface area contributed by atoms with Gasteiger partial charge in [0, 0.05) is 5.75 Å². The van der Waals surface area contributed by atoms with E-state index in [0.29, 0.717) is 5.41 Å². The summed E-state index contributed by atoms with van der Waals surface area (Å²) in [5.74, 6) is 2.14. The number of nitrogens with one attached hydrogen (secondary N) is 1. The Kier molecular flexibility index (Phi) is 3.09. The van der Waals surface area contributed by atoms with Gasteiger partial charge < -0.3 is 4.98 Å². The Bertz CT molecular complexity index is 478. The third-order valence-electron chi connectivity index (χ3n) is 3.63. The predicted molar refractivity (Wildman–Crippen MR) is 77.0 cm³/mol. The number of thiol groups is 1. The number of rotatable bonds is 4. The van der Waals surface area contributed by atoms with Gasteiger partial charge in [0.25, 0.3) is 0 Å². The maximum Gasteiger partial charge on any atom is 0.166 e. The summed E-state index contributed by atoms with van der Waals surface area (Å²) in [6.07, 6.45) is 4.01. The predicted octanol–water partition coefficient (Wildman–Crippen LogP) is 3.76. The van der Waals surface area contributed by atoms with Crippen LogP contribution >= 0.6 is 24.4 Å². The minimum Gasteiger partial charge on any atom is -0.333 e. The van der Waals surface area contributed by atoms with Crippen LogP contribution in [0, 0.1) is 5.41 Å². The van der Waals surface area contributed by atoms with Crippen molar-refractivity contribution in [3.8, 4) is 0 Å². The van der Waals surface area contributed by atoms with Crippen molar-refractivity contribution in [2.75, 3.05) is 11.5 Å². The zero-order valence-corrected chi connectivity index (χ0v) is 11.4. The number of benzene rings is 1. The van der Waals surface area contributed by atoms with E-state index in [4.69, 9.17) is 0 Å². The highest BCUT2D eigenvalue weighted by Gasteiger charge is 2.35. The largest absolute Gasteiger partial charge is 0.333 e. The number of hydrogen-bond donors (Lipinski definition) is 2. The molecule has 1 aliphatic rings. The molecule has 4 heteroatoms. The lowest BCUT2D eigenvalue weighted by molar-refractivity contribution is 0.205. The molecule has 2 aromatic rings. The second kappa shape index (κ2) is 4.58. The van der Waals surface area contributed by atoms with Crippen molar-refractivity contribution in [2.45, 2.75) is 24.4 Å². The van der Waals surface area contributed by atoms with Gasteiger partial charge in [-0.15, -0.1) is 0 Å². The lowest BCUT2D eigenvalue weighted by Crippen LogP contribution is -2.33. The second-order valence-electron chi connectivity index (χ2n) is 4.86. The molecule has 1 saturated carbocycles. The molecular weight excluding hydrogens is 248 g/mol. The molecule has 90 valence electrons. The number of hydrogen-bond acceptors (Lipinski definition) is 3. The molecule has 0 bridgehead atoms. The fraction of sp³-hybridized carbons (Fsp3) is 0.462. The van der Waals surface area contributed by atoms with Gasteiger partial charge in [0.1, 0.15) is 0 Å². The van der Waals surface area contributed by atoms with Crippen molar-refractivity contribution < 1.29 is 0 Å². The van der Waals surface area contributed by atoms with Gasteiger partial charge >= 0.3 is 0 Å². The highest BCUT2D eigenvalue weighted by atomic mass is 32.2. The monoisotopic (exact) mass is 264 g/mol. The number of imidazole rings is 1. The van der Waals surface area contributed by atoms with Crippen LogP contribution in [0.1, 0.15) is 19.3 Å². The number of aromatic amines is 1. The third-order valence-corrected chi connectivity index (χ3v) is 5.53. The quantitative estimate of drug-likeness (QED) is 0.650. The number of nitrogens with zero attached hydrogens (tertiary/aromatic N) is 1. The van der Waals surface area contributed by atoms with E-state index in [0.717, 1.165) is 27.7 Å². The molecule has 1 aromatic carbocycles. The number of aromatic nitrogens is 2. The van der Waals surface area contributed by atoms with Crippen molar-refractivity contribution in [3.63, 3.8) is 0 Å². The zero-order valence-electron chi connectivity index (χ0n) is 9.65. The van der Waals surface area contributed by atoms with Crippen molar-refractivity contribution in [1.82, 2.24) is 9.97 Å². The van der Waals surface area contributed by atoms with Gasteiger partial charge in [-0.25, -0.2) is 4.98 Å². The Balaban J connectivity index is 1.72. The van der Waals surface area contributed by atoms with Crippen LogP contribution in [-0.2, 0) is 0 Å². The molecule has 17 heavy (non-hydrogen) atoms. The normalized spacial score (nSPS) is 18.2. The van der Waals surface area contributed by atoms with Crippen LogP contribution in [0.15, 0.2) is 29.4 Å². The van der Waals surface area contributed by atoms with Crippen molar-refractivity contribution in [1.29, 1.82) is 0 Å². The van der Waals surface area contributed by atoms with Crippen LogP contribution in [-0.4, -0.2) is 21.5 Å². The van der Waals surface area contributed by atoms with Crippen molar-refractivity contribution in [2.24, 2.45) is 5.41 Å². The van der Waals surface area contributed by atoms with Crippen LogP contribution in [0.25, 0.3) is 11.0 Å². The van der Waals surface area contributed by atoms with Gasteiger partial charge in [0.05, 0.1) is 11.0 Å². The van der Waals surface area contributed by atoms with E-state index in [2.05, 4.69) is 28.7 Å². The molecule has 0 unspecified atom stereocenters. The summed E-state index contributed by atoms with van der Waals surface area (Å²) in [5, 5.41) is 1.04. The standard InChI is InChI=1S/C13H16N2S2/c16-8-13(6-3-7-13)9-17-12-14-10-4-1-2-5-11(10)15-12/h1-2,4-5,16H,3,6-9H2,(H,14,15). The number of thioether (sulfide) groups is 1. The lowest BCUT2D eigenvalue weighted by atomic mass is 9.72. The van der Waals surface area contributed by atoms with Crippen LogP contribution in [0.5, 0.6) is 0 Å². The van der Waals surface area contributed by atoms with Gasteiger partial charge in [0.2, 0.25) is 0 Å². The number of para-hydroxylation sites is 2. The molecule has 2 nitrogen and oxygen atoms in total. The van der Waals surface area contributed by atoms with Gasteiger partial charge in [-0.2, -0.15) is 12.6 Å². The molecule has 1 aliphatic carbocycles. The minimum absolute atomic E-state index is 0.465. The summed E-state index contributed by atoms with van der Waals surface area (Å²) in [6.45, 7) is 0. The summed E-state index contributed by atoms with van der Waals surface area (Å²) in [7, 11) is 0. The fourth-order valence-corrected chi connectivity index (χ4v) is 4.00. The molecule has 0 amide bonds. The van der Waals surface area contributed by atoms with Gasteiger partial charge in [-0.3, -0.25) is 0 Å². The highest BCUT2D eigenvalue weighted by molar-refractivity contribution is 7.99. The van der Waals surface area contributed by atoms with E-state index in [1.165, 1.54) is 19.3 Å². The van der Waals surface area contributed by atoms with Gasteiger partial charge in [0.15, 0.2) is 5.16 Å². The Hall–Kier alpha value is -0.610. The first-order chi connectivity index (χ1) is 8.31. The molecular formula is C13H16N2S2. The Morgan fingerprint density at radius 1 is 1.35 bits per heavy atom. The molecule has 0 radical (unpaired) electrons. The Labute approximate surface area is 111 Å². The summed E-state index contributed by atoms with van der Waals surface area (Å²) in [4.78, 5) is 7.96.